The number of halogens is 1. The van der Waals surface area contributed by atoms with E-state index in [0.717, 1.165) is 0 Å². The van der Waals surface area contributed by atoms with Crippen molar-refractivity contribution in [1.29, 1.82) is 0 Å². The summed E-state index contributed by atoms with van der Waals surface area (Å²) in [6, 6.07) is 6.38. The zero-order valence-corrected chi connectivity index (χ0v) is 13.6. The molecule has 9 heteroatoms. The standard InChI is InChI=1S/C15H23FN8/c1-10(22-9-23-15(19)13(17)14(18)20-2)24(21-3)8-11-6-4-5-7-12(11)16/h4-7,20,22H,1,3,8-9,17-18H2,2H3,(H2,19,23)/b14-13+. The van der Waals surface area contributed by atoms with Crippen LogP contribution < -0.4 is 27.8 Å². The number of benzene rings is 1. The molecular formula is C15H23FN8. The van der Waals surface area contributed by atoms with Gasteiger partial charge in [0.1, 0.15) is 35.7 Å². The highest BCUT2D eigenvalue weighted by Crippen LogP contribution is 2.12. The monoisotopic (exact) mass is 334 g/mol. The van der Waals surface area contributed by atoms with Crippen LogP contribution in [0, 0.1) is 5.82 Å². The Morgan fingerprint density at radius 3 is 2.54 bits per heavy atom. The van der Waals surface area contributed by atoms with Gasteiger partial charge in [0.25, 0.3) is 0 Å². The zero-order valence-electron chi connectivity index (χ0n) is 13.6. The van der Waals surface area contributed by atoms with E-state index >= 15 is 0 Å². The predicted molar refractivity (Wildman–Crippen MR) is 94.7 cm³/mol. The quantitative estimate of drug-likeness (QED) is 0.244. The Balaban J connectivity index is 2.66. The first-order chi connectivity index (χ1) is 11.4. The molecule has 24 heavy (non-hydrogen) atoms. The molecule has 1 aromatic carbocycles. The lowest BCUT2D eigenvalue weighted by Crippen LogP contribution is -2.32. The number of nitrogens with two attached hydrogens (primary N) is 3. The fraction of sp³-hybridized carbons (Fsp3) is 0.200. The average molecular weight is 334 g/mol. The van der Waals surface area contributed by atoms with Gasteiger partial charge >= 0.3 is 0 Å². The Bertz CT molecular complexity index is 653. The summed E-state index contributed by atoms with van der Waals surface area (Å²) in [5, 5.41) is 10.8. The van der Waals surface area contributed by atoms with Gasteiger partial charge in [-0.3, -0.25) is 0 Å². The largest absolute Gasteiger partial charge is 0.393 e. The van der Waals surface area contributed by atoms with Gasteiger partial charge in [0.15, 0.2) is 0 Å². The lowest BCUT2D eigenvalue weighted by Gasteiger charge is -2.21. The first-order valence-electron chi connectivity index (χ1n) is 7.04. The number of hydrogen-bond acceptors (Lipinski definition) is 7. The van der Waals surface area contributed by atoms with E-state index in [-0.39, 0.29) is 36.4 Å². The molecular weight excluding hydrogens is 311 g/mol. The summed E-state index contributed by atoms with van der Waals surface area (Å²) in [5.41, 5.74) is 17.6. The van der Waals surface area contributed by atoms with Crippen molar-refractivity contribution < 1.29 is 4.39 Å². The van der Waals surface area contributed by atoms with Crippen molar-refractivity contribution in [3.8, 4) is 0 Å². The van der Waals surface area contributed by atoms with E-state index in [0.29, 0.717) is 11.4 Å². The molecule has 0 aromatic heterocycles. The minimum Gasteiger partial charge on any atom is -0.393 e. The third-order valence-electron chi connectivity index (χ3n) is 3.13. The maximum Gasteiger partial charge on any atom is 0.147 e. The van der Waals surface area contributed by atoms with Crippen molar-refractivity contribution in [2.24, 2.45) is 27.3 Å². The van der Waals surface area contributed by atoms with E-state index < -0.39 is 0 Å². The molecule has 0 amide bonds. The number of nitrogens with zero attached hydrogens (tertiary/aromatic N) is 3. The average Bonchev–Trinajstić information content (AvgIpc) is 2.59. The summed E-state index contributed by atoms with van der Waals surface area (Å²) in [5.74, 6) is 0.356. The van der Waals surface area contributed by atoms with Gasteiger partial charge in [-0.1, -0.05) is 24.8 Å². The molecule has 0 aliphatic rings. The number of aliphatic imine (C=N–C) groups is 1. The van der Waals surface area contributed by atoms with Crippen LogP contribution in [0.1, 0.15) is 5.56 Å². The second-order valence-electron chi connectivity index (χ2n) is 4.69. The molecule has 0 atom stereocenters. The maximum atomic E-state index is 13.7. The molecule has 1 rings (SSSR count). The molecule has 0 fully saturated rings. The van der Waals surface area contributed by atoms with E-state index in [4.69, 9.17) is 17.2 Å². The van der Waals surface area contributed by atoms with Crippen molar-refractivity contribution in [3.05, 3.63) is 59.6 Å². The Morgan fingerprint density at radius 2 is 1.96 bits per heavy atom. The van der Waals surface area contributed by atoms with E-state index in [9.17, 15) is 4.39 Å². The van der Waals surface area contributed by atoms with E-state index in [1.165, 1.54) is 11.1 Å². The van der Waals surface area contributed by atoms with Crippen LogP contribution in [0.25, 0.3) is 0 Å². The van der Waals surface area contributed by atoms with Gasteiger partial charge in [0, 0.05) is 19.3 Å². The molecule has 0 bridgehead atoms. The van der Waals surface area contributed by atoms with Gasteiger partial charge < -0.3 is 27.8 Å². The third-order valence-corrected chi connectivity index (χ3v) is 3.13. The Morgan fingerprint density at radius 1 is 1.29 bits per heavy atom. The van der Waals surface area contributed by atoms with E-state index in [2.05, 4.69) is 34.0 Å². The molecule has 130 valence electrons. The molecule has 1 aromatic rings. The van der Waals surface area contributed by atoms with Gasteiger partial charge in [-0.2, -0.15) is 5.10 Å². The Kier molecular flexibility index (Phi) is 7.08. The van der Waals surface area contributed by atoms with Crippen LogP contribution >= 0.6 is 0 Å². The highest BCUT2D eigenvalue weighted by molar-refractivity contribution is 5.96. The van der Waals surface area contributed by atoms with Crippen LogP contribution in [0.15, 0.2) is 58.3 Å². The zero-order chi connectivity index (χ0) is 18.1. The predicted octanol–water partition coefficient (Wildman–Crippen LogP) is -0.0753. The highest BCUT2D eigenvalue weighted by atomic mass is 19.1. The lowest BCUT2D eigenvalue weighted by atomic mass is 10.2. The normalized spacial score (nSPS) is 12.2. The second-order valence-corrected chi connectivity index (χ2v) is 4.69. The Labute approximate surface area is 140 Å². The smallest absolute Gasteiger partial charge is 0.147 e. The number of hydrogen-bond donors (Lipinski definition) is 5. The summed E-state index contributed by atoms with van der Waals surface area (Å²) in [7, 11) is 1.62. The Hall–Kier alpha value is -3.23. The lowest BCUT2D eigenvalue weighted by molar-refractivity contribution is 0.328. The fourth-order valence-electron chi connectivity index (χ4n) is 1.68. The molecule has 0 spiro atoms. The van der Waals surface area contributed by atoms with Crippen LogP contribution in [0.4, 0.5) is 4.39 Å². The van der Waals surface area contributed by atoms with Crippen molar-refractivity contribution >= 4 is 12.6 Å². The van der Waals surface area contributed by atoms with Crippen molar-refractivity contribution in [3.63, 3.8) is 0 Å². The second kappa shape index (κ2) is 9.03. The van der Waals surface area contributed by atoms with Crippen LogP contribution in [0.3, 0.4) is 0 Å². The molecule has 0 aliphatic carbocycles. The van der Waals surface area contributed by atoms with Crippen LogP contribution in [0.5, 0.6) is 0 Å². The summed E-state index contributed by atoms with van der Waals surface area (Å²) >= 11 is 0. The molecule has 0 aliphatic heterocycles. The molecule has 0 radical (unpaired) electrons. The summed E-state index contributed by atoms with van der Waals surface area (Å²) in [4.78, 5) is 4.03. The summed E-state index contributed by atoms with van der Waals surface area (Å²) in [6.45, 7) is 7.53. The van der Waals surface area contributed by atoms with Gasteiger partial charge in [0.05, 0.1) is 6.54 Å². The van der Waals surface area contributed by atoms with Crippen LogP contribution in [-0.2, 0) is 6.54 Å². The van der Waals surface area contributed by atoms with Crippen molar-refractivity contribution in [1.82, 2.24) is 15.6 Å². The van der Waals surface area contributed by atoms with Gasteiger partial charge in [-0.25, -0.2) is 14.4 Å². The molecule has 0 saturated heterocycles. The first kappa shape index (κ1) is 18.8. The SMILES string of the molecule is C=NN(Cc1ccccc1F)C(=C)NC/N=C(N)\C(N)=C(\N)NC. The van der Waals surface area contributed by atoms with E-state index in [1.807, 2.05) is 0 Å². The van der Waals surface area contributed by atoms with Gasteiger partial charge in [-0.15, -0.1) is 0 Å². The van der Waals surface area contributed by atoms with Crippen molar-refractivity contribution in [2.75, 3.05) is 13.7 Å². The third kappa shape index (κ3) is 5.20. The minimum absolute atomic E-state index is 0.0781. The number of amidine groups is 1. The topological polar surface area (TPSA) is 130 Å². The maximum absolute atomic E-state index is 13.7. The molecule has 8 N–H and O–H groups in total. The number of rotatable bonds is 9. The molecule has 8 nitrogen and oxygen atoms in total. The molecule has 0 saturated carbocycles. The van der Waals surface area contributed by atoms with E-state index in [1.54, 1.807) is 25.2 Å². The first-order valence-corrected chi connectivity index (χ1v) is 7.04. The van der Waals surface area contributed by atoms with Crippen molar-refractivity contribution in [2.45, 2.75) is 6.54 Å². The summed E-state index contributed by atoms with van der Waals surface area (Å²) in [6.07, 6.45) is 0. The summed E-state index contributed by atoms with van der Waals surface area (Å²) < 4.78 is 13.7. The van der Waals surface area contributed by atoms with Crippen LogP contribution in [0.2, 0.25) is 0 Å². The molecule has 0 heterocycles. The minimum atomic E-state index is -0.332. The van der Waals surface area contributed by atoms with Gasteiger partial charge in [-0.05, 0) is 6.07 Å². The molecule has 0 unspecified atom stereocenters. The number of nitrogens with one attached hydrogen (secondary N) is 2. The highest BCUT2D eigenvalue weighted by Gasteiger charge is 2.09. The number of hydrazone groups is 1. The van der Waals surface area contributed by atoms with Gasteiger partial charge in [0.2, 0.25) is 0 Å². The fourth-order valence-corrected chi connectivity index (χ4v) is 1.68. The van der Waals surface area contributed by atoms with Crippen LogP contribution in [-0.4, -0.2) is 31.3 Å².